The molecule has 4 aromatic rings. The standard InChI is InChI=1S/C31H33N2PS/c1-21(16-26-17-24-12-8-9-13-28(24)34(26)4)32-20-31(3)27-18-25(27)19-33(31)22(2)29-14-15-30(35-29)23-10-6-5-7-11-23/h5-15,17,25,27,32H,1-2,16,18-20H2,3-4H3. The number of allylic oxidation sites excluding steroid dienone is 1. The molecule has 3 heterocycles. The minimum Gasteiger partial charge on any atom is -0.386 e. The van der Waals surface area contributed by atoms with E-state index in [2.05, 4.69) is 110 Å². The normalized spacial score (nSPS) is 23.4. The summed E-state index contributed by atoms with van der Waals surface area (Å²) in [5.41, 5.74) is 3.66. The van der Waals surface area contributed by atoms with Crippen LogP contribution in [0.25, 0.3) is 26.6 Å². The Kier molecular flexibility index (Phi) is 5.66. The molecule has 2 aromatic carbocycles. The van der Waals surface area contributed by atoms with Crippen molar-refractivity contribution in [2.75, 3.05) is 13.1 Å². The van der Waals surface area contributed by atoms with E-state index < -0.39 is 0 Å². The number of nitrogens with zero attached hydrogens (tertiary/aromatic N) is 1. The number of hydrogen-bond donors (Lipinski definition) is 1. The van der Waals surface area contributed by atoms with Gasteiger partial charge in [-0.05, 0) is 66.3 Å². The van der Waals surface area contributed by atoms with Gasteiger partial charge < -0.3 is 10.2 Å². The van der Waals surface area contributed by atoms with E-state index in [9.17, 15) is 0 Å². The van der Waals surface area contributed by atoms with Gasteiger partial charge in [0.25, 0.3) is 0 Å². The molecule has 35 heavy (non-hydrogen) atoms. The highest BCUT2D eigenvalue weighted by Gasteiger charge is 2.60. The zero-order chi connectivity index (χ0) is 24.2. The van der Waals surface area contributed by atoms with E-state index in [4.69, 9.17) is 0 Å². The molecule has 2 fully saturated rings. The van der Waals surface area contributed by atoms with Gasteiger partial charge >= 0.3 is 0 Å². The smallest absolute Gasteiger partial charge is 0.0577 e. The first-order valence-electron chi connectivity index (χ1n) is 12.5. The SMILES string of the molecule is C=C(Cc1cc2ccccc2p1C)NCC1(C)C2CC2CN1C(=C)c1ccc(-c2ccccc2)s1. The second-order valence-electron chi connectivity index (χ2n) is 10.4. The van der Waals surface area contributed by atoms with Crippen LogP contribution in [0, 0.1) is 11.8 Å². The third kappa shape index (κ3) is 4.05. The lowest BCUT2D eigenvalue weighted by Gasteiger charge is -2.41. The van der Waals surface area contributed by atoms with Crippen molar-refractivity contribution in [3.8, 4) is 10.4 Å². The van der Waals surface area contributed by atoms with Gasteiger partial charge in [-0.2, -0.15) is 0 Å². The number of piperidine rings is 1. The van der Waals surface area contributed by atoms with Crippen LogP contribution < -0.4 is 5.32 Å². The number of thiophene rings is 1. The van der Waals surface area contributed by atoms with Crippen LogP contribution in [0.4, 0.5) is 0 Å². The van der Waals surface area contributed by atoms with Crippen molar-refractivity contribution in [3.05, 3.63) is 102 Å². The van der Waals surface area contributed by atoms with Crippen LogP contribution in [-0.2, 0) is 13.1 Å². The Hall–Kier alpha value is -2.74. The van der Waals surface area contributed by atoms with E-state index in [1.54, 1.807) is 0 Å². The molecule has 1 saturated carbocycles. The van der Waals surface area contributed by atoms with Gasteiger partial charge in [-0.3, -0.25) is 0 Å². The highest BCUT2D eigenvalue weighted by Crippen LogP contribution is 2.57. The lowest BCUT2D eigenvalue weighted by molar-refractivity contribution is 0.197. The van der Waals surface area contributed by atoms with Gasteiger partial charge in [-0.25, -0.2) is 0 Å². The molecular weight excluding hydrogens is 463 g/mol. The molecule has 0 radical (unpaired) electrons. The summed E-state index contributed by atoms with van der Waals surface area (Å²) in [7, 11) is -0.240. The van der Waals surface area contributed by atoms with Crippen molar-refractivity contribution in [3.63, 3.8) is 0 Å². The maximum absolute atomic E-state index is 4.59. The van der Waals surface area contributed by atoms with Gasteiger partial charge in [0.05, 0.1) is 10.4 Å². The largest absolute Gasteiger partial charge is 0.386 e. The second kappa shape index (κ2) is 8.73. The number of likely N-dealkylation sites (tertiary alicyclic amines) is 1. The molecular formula is C31H33N2PS. The summed E-state index contributed by atoms with van der Waals surface area (Å²) < 4.78 is 0. The Morgan fingerprint density at radius 3 is 2.66 bits per heavy atom. The summed E-state index contributed by atoms with van der Waals surface area (Å²) in [6.45, 7) is 15.9. The molecule has 4 heteroatoms. The van der Waals surface area contributed by atoms with Gasteiger partial charge in [-0.15, -0.1) is 18.9 Å². The van der Waals surface area contributed by atoms with Crippen LogP contribution in [0.5, 0.6) is 0 Å². The van der Waals surface area contributed by atoms with Crippen LogP contribution in [0.1, 0.15) is 23.5 Å². The van der Waals surface area contributed by atoms with Crippen LogP contribution >= 0.6 is 18.9 Å². The van der Waals surface area contributed by atoms with Gasteiger partial charge in [0.1, 0.15) is 0 Å². The highest BCUT2D eigenvalue weighted by molar-refractivity contribution is 7.54. The molecule has 1 aliphatic heterocycles. The molecule has 1 aliphatic carbocycles. The van der Waals surface area contributed by atoms with E-state index in [0.717, 1.165) is 37.0 Å². The van der Waals surface area contributed by atoms with Crippen LogP contribution in [0.3, 0.4) is 0 Å². The lowest BCUT2D eigenvalue weighted by Crippen LogP contribution is -2.50. The summed E-state index contributed by atoms with van der Waals surface area (Å²) in [6.07, 6.45) is 2.28. The van der Waals surface area contributed by atoms with Crippen molar-refractivity contribution in [2.45, 2.75) is 25.3 Å². The van der Waals surface area contributed by atoms with E-state index >= 15 is 0 Å². The lowest BCUT2D eigenvalue weighted by atomic mass is 9.94. The molecule has 0 bridgehead atoms. The van der Waals surface area contributed by atoms with Gasteiger partial charge in [0, 0.05) is 40.9 Å². The minimum absolute atomic E-state index is 0.0750. The Bertz CT molecular complexity index is 1410. The summed E-state index contributed by atoms with van der Waals surface area (Å²) >= 11 is 1.85. The number of benzene rings is 2. The van der Waals surface area contributed by atoms with Crippen molar-refractivity contribution in [2.24, 2.45) is 18.5 Å². The Morgan fingerprint density at radius 1 is 1.09 bits per heavy atom. The molecule has 2 aromatic heterocycles. The molecule has 2 nitrogen and oxygen atoms in total. The first-order chi connectivity index (χ1) is 16.9. The molecule has 0 amide bonds. The molecule has 6 rings (SSSR count). The quantitative estimate of drug-likeness (QED) is 0.265. The minimum atomic E-state index is -0.240. The van der Waals surface area contributed by atoms with Crippen molar-refractivity contribution >= 4 is 35.1 Å². The predicted octanol–water partition coefficient (Wildman–Crippen LogP) is 8.12. The van der Waals surface area contributed by atoms with Crippen molar-refractivity contribution < 1.29 is 0 Å². The molecule has 1 saturated heterocycles. The zero-order valence-electron chi connectivity index (χ0n) is 20.6. The fourth-order valence-electron chi connectivity index (χ4n) is 5.98. The Labute approximate surface area is 214 Å². The summed E-state index contributed by atoms with van der Waals surface area (Å²) in [5.74, 6) is 1.54. The zero-order valence-corrected chi connectivity index (χ0v) is 22.3. The summed E-state index contributed by atoms with van der Waals surface area (Å²) in [6, 6.07) is 26.3. The Balaban J connectivity index is 1.15. The van der Waals surface area contributed by atoms with Crippen molar-refractivity contribution in [1.29, 1.82) is 0 Å². The van der Waals surface area contributed by atoms with E-state index in [1.807, 2.05) is 11.3 Å². The Morgan fingerprint density at radius 2 is 1.86 bits per heavy atom. The summed E-state index contributed by atoms with van der Waals surface area (Å²) in [5, 5.41) is 8.17. The number of nitrogens with one attached hydrogen (secondary N) is 1. The highest BCUT2D eigenvalue weighted by atomic mass is 32.1. The van der Waals surface area contributed by atoms with Gasteiger partial charge in [0.15, 0.2) is 0 Å². The monoisotopic (exact) mass is 496 g/mol. The molecule has 0 spiro atoms. The van der Waals surface area contributed by atoms with Gasteiger partial charge in [0.2, 0.25) is 0 Å². The van der Waals surface area contributed by atoms with Crippen LogP contribution in [0.15, 0.2) is 91.7 Å². The third-order valence-corrected chi connectivity index (χ3v) is 11.6. The maximum Gasteiger partial charge on any atom is 0.0577 e. The number of rotatable bonds is 8. The number of aryl methyl sites for hydroxylation is 1. The molecule has 178 valence electrons. The maximum atomic E-state index is 4.59. The van der Waals surface area contributed by atoms with E-state index in [1.165, 1.54) is 43.2 Å². The second-order valence-corrected chi connectivity index (χ2v) is 13.7. The number of hydrogen-bond acceptors (Lipinski definition) is 3. The first kappa shape index (κ1) is 22.7. The molecule has 1 N–H and O–H groups in total. The topological polar surface area (TPSA) is 15.3 Å². The van der Waals surface area contributed by atoms with Gasteiger partial charge in [-0.1, -0.05) is 67.8 Å². The average Bonchev–Trinajstić information content (AvgIpc) is 3.23. The fraction of sp³-hybridized carbons (Fsp3) is 0.290. The van der Waals surface area contributed by atoms with Crippen LogP contribution in [-0.4, -0.2) is 23.5 Å². The van der Waals surface area contributed by atoms with Crippen molar-refractivity contribution in [1.82, 2.24) is 10.2 Å². The average molecular weight is 497 g/mol. The van der Waals surface area contributed by atoms with Crippen LogP contribution in [0.2, 0.25) is 0 Å². The fourth-order valence-corrected chi connectivity index (χ4v) is 8.88. The van der Waals surface area contributed by atoms with E-state index in [-0.39, 0.29) is 13.1 Å². The molecule has 4 atom stereocenters. The van der Waals surface area contributed by atoms with E-state index in [0.29, 0.717) is 0 Å². The number of fused-ring (bicyclic) bond motifs is 2. The third-order valence-electron chi connectivity index (χ3n) is 8.17. The molecule has 4 unspecified atom stereocenters. The predicted molar refractivity (Wildman–Crippen MR) is 154 cm³/mol. The summed E-state index contributed by atoms with van der Waals surface area (Å²) in [4.78, 5) is 5.17. The first-order valence-corrected chi connectivity index (χ1v) is 15.1. The molecule has 2 aliphatic rings.